The highest BCUT2D eigenvalue weighted by molar-refractivity contribution is 6.13. The second kappa shape index (κ2) is 4.68. The number of fused-ring (bicyclic) bond motifs is 1. The number of alkyl halides is 3. The van der Waals surface area contributed by atoms with Crippen molar-refractivity contribution in [2.45, 2.75) is 19.0 Å². The molecule has 0 saturated carbocycles. The van der Waals surface area contributed by atoms with Gasteiger partial charge in [-0.3, -0.25) is 9.59 Å². The van der Waals surface area contributed by atoms with E-state index in [1.807, 2.05) is 0 Å². The first kappa shape index (κ1) is 13.6. The molecule has 1 aliphatic rings. The Balaban J connectivity index is 2.36. The zero-order valence-corrected chi connectivity index (χ0v) is 10.1. The predicted molar refractivity (Wildman–Crippen MR) is 60.2 cm³/mol. The van der Waals surface area contributed by atoms with Crippen LogP contribution in [0.2, 0.25) is 0 Å². The summed E-state index contributed by atoms with van der Waals surface area (Å²) < 4.78 is 42.1. The summed E-state index contributed by atoms with van der Waals surface area (Å²) in [6.07, 6.45) is -4.80. The third kappa shape index (κ3) is 2.47. The highest BCUT2D eigenvalue weighted by Gasteiger charge is 2.47. The summed E-state index contributed by atoms with van der Waals surface area (Å²) in [6.45, 7) is 0. The van der Waals surface area contributed by atoms with E-state index in [2.05, 4.69) is 0 Å². The third-order valence-corrected chi connectivity index (χ3v) is 3.20. The first-order chi connectivity index (χ1) is 8.84. The molecular formula is C13H11F3O3. The van der Waals surface area contributed by atoms with Crippen LogP contribution in [0.4, 0.5) is 13.2 Å². The fraction of sp³-hybridized carbons (Fsp3) is 0.385. The topological polar surface area (TPSA) is 43.4 Å². The third-order valence-electron chi connectivity index (χ3n) is 3.20. The molecule has 3 nitrogen and oxygen atoms in total. The number of ketones is 2. The van der Waals surface area contributed by atoms with Crippen LogP contribution in [0, 0.1) is 5.92 Å². The number of aryl methyl sites for hydroxylation is 1. The van der Waals surface area contributed by atoms with E-state index in [9.17, 15) is 22.8 Å². The Morgan fingerprint density at radius 1 is 1.37 bits per heavy atom. The number of carbonyl (C=O) groups is 2. The Labute approximate surface area is 107 Å². The maximum absolute atomic E-state index is 12.4. The van der Waals surface area contributed by atoms with E-state index in [1.54, 1.807) is 12.1 Å². The SMILES string of the molecule is COc1ccc2c(c1)C(=O)C(C(=O)C(F)(F)F)CC2. The summed E-state index contributed by atoms with van der Waals surface area (Å²) in [7, 11) is 1.40. The summed E-state index contributed by atoms with van der Waals surface area (Å²) in [6, 6.07) is 4.66. The number of benzene rings is 1. The summed E-state index contributed by atoms with van der Waals surface area (Å²) in [5.41, 5.74) is 0.797. The van der Waals surface area contributed by atoms with Gasteiger partial charge in [0.2, 0.25) is 5.78 Å². The Morgan fingerprint density at radius 2 is 2.05 bits per heavy atom. The van der Waals surface area contributed by atoms with E-state index in [1.165, 1.54) is 13.2 Å². The van der Waals surface area contributed by atoms with Gasteiger partial charge in [-0.1, -0.05) is 6.07 Å². The highest BCUT2D eigenvalue weighted by Crippen LogP contribution is 2.32. The Bertz CT molecular complexity index is 534. The molecule has 2 rings (SSSR count). The van der Waals surface area contributed by atoms with Crippen LogP contribution >= 0.6 is 0 Å². The van der Waals surface area contributed by atoms with E-state index in [-0.39, 0.29) is 18.4 Å². The Kier molecular flexibility index (Phi) is 3.34. The molecule has 1 aliphatic carbocycles. The molecule has 0 fully saturated rings. The minimum atomic E-state index is -4.98. The Hall–Kier alpha value is -1.85. The highest BCUT2D eigenvalue weighted by atomic mass is 19.4. The zero-order chi connectivity index (χ0) is 14.2. The average molecular weight is 272 g/mol. The molecular weight excluding hydrogens is 261 g/mol. The first-order valence-electron chi connectivity index (χ1n) is 5.66. The van der Waals surface area contributed by atoms with Gasteiger partial charge in [-0.05, 0) is 30.5 Å². The van der Waals surface area contributed by atoms with Crippen LogP contribution in [0.1, 0.15) is 22.3 Å². The van der Waals surface area contributed by atoms with Crippen LogP contribution in [0.25, 0.3) is 0 Å². The summed E-state index contributed by atoms with van der Waals surface area (Å²) >= 11 is 0. The van der Waals surface area contributed by atoms with Crippen molar-refractivity contribution in [3.8, 4) is 5.75 Å². The molecule has 0 spiro atoms. The normalized spacial score (nSPS) is 18.9. The van der Waals surface area contributed by atoms with Gasteiger partial charge in [0.1, 0.15) is 5.75 Å². The zero-order valence-electron chi connectivity index (χ0n) is 10.1. The van der Waals surface area contributed by atoms with Crippen molar-refractivity contribution in [3.05, 3.63) is 29.3 Å². The maximum Gasteiger partial charge on any atom is 0.450 e. The van der Waals surface area contributed by atoms with Crippen molar-refractivity contribution in [2.75, 3.05) is 7.11 Å². The number of methoxy groups -OCH3 is 1. The Morgan fingerprint density at radius 3 is 2.63 bits per heavy atom. The molecule has 0 aromatic heterocycles. The number of Topliss-reactive ketones (excluding diaryl/α,β-unsaturated/α-hetero) is 2. The van der Waals surface area contributed by atoms with E-state index in [0.717, 1.165) is 0 Å². The quantitative estimate of drug-likeness (QED) is 0.777. The van der Waals surface area contributed by atoms with Crippen molar-refractivity contribution >= 4 is 11.6 Å². The predicted octanol–water partition coefficient (Wildman–Crippen LogP) is 2.57. The van der Waals surface area contributed by atoms with E-state index >= 15 is 0 Å². The summed E-state index contributed by atoms with van der Waals surface area (Å²) in [5.74, 6) is -3.99. The number of halogens is 3. The molecule has 0 amide bonds. The molecule has 1 atom stereocenters. The lowest BCUT2D eigenvalue weighted by atomic mass is 9.80. The van der Waals surface area contributed by atoms with E-state index < -0.39 is 23.7 Å². The standard InChI is InChI=1S/C13H11F3O3/c1-19-8-4-2-7-3-5-9(11(17)10(7)6-8)12(18)13(14,15)16/h2,4,6,9H,3,5H2,1H3. The molecule has 0 aliphatic heterocycles. The van der Waals surface area contributed by atoms with Crippen LogP contribution in [0.5, 0.6) is 5.75 Å². The van der Waals surface area contributed by atoms with Gasteiger partial charge in [-0.15, -0.1) is 0 Å². The molecule has 102 valence electrons. The van der Waals surface area contributed by atoms with Crippen LogP contribution in [-0.4, -0.2) is 24.9 Å². The number of hydrogen-bond donors (Lipinski definition) is 0. The number of carbonyl (C=O) groups excluding carboxylic acids is 2. The van der Waals surface area contributed by atoms with E-state index in [0.29, 0.717) is 11.3 Å². The molecule has 1 aromatic carbocycles. The molecule has 6 heteroatoms. The first-order valence-corrected chi connectivity index (χ1v) is 5.66. The van der Waals surface area contributed by atoms with Crippen LogP contribution in [0.15, 0.2) is 18.2 Å². The maximum atomic E-state index is 12.4. The van der Waals surface area contributed by atoms with Gasteiger partial charge in [-0.2, -0.15) is 13.2 Å². The minimum absolute atomic E-state index is 0.101. The van der Waals surface area contributed by atoms with Gasteiger partial charge < -0.3 is 4.74 Å². The molecule has 0 bridgehead atoms. The van der Waals surface area contributed by atoms with Gasteiger partial charge in [0.25, 0.3) is 0 Å². The average Bonchev–Trinajstić information content (AvgIpc) is 2.37. The minimum Gasteiger partial charge on any atom is -0.497 e. The van der Waals surface area contributed by atoms with E-state index in [4.69, 9.17) is 4.74 Å². The van der Waals surface area contributed by atoms with Crippen LogP contribution in [0.3, 0.4) is 0 Å². The molecule has 0 heterocycles. The van der Waals surface area contributed by atoms with Gasteiger partial charge >= 0.3 is 6.18 Å². The summed E-state index contributed by atoms with van der Waals surface area (Å²) in [4.78, 5) is 23.2. The van der Waals surface area contributed by atoms with Crippen molar-refractivity contribution in [3.63, 3.8) is 0 Å². The van der Waals surface area contributed by atoms with Crippen molar-refractivity contribution < 1.29 is 27.5 Å². The van der Waals surface area contributed by atoms with Gasteiger partial charge in [0, 0.05) is 5.56 Å². The fourth-order valence-corrected chi connectivity index (χ4v) is 2.20. The van der Waals surface area contributed by atoms with Crippen molar-refractivity contribution in [2.24, 2.45) is 5.92 Å². The lowest BCUT2D eigenvalue weighted by Gasteiger charge is -2.23. The second-order valence-corrected chi connectivity index (χ2v) is 4.34. The number of rotatable bonds is 2. The molecule has 0 saturated heterocycles. The van der Waals surface area contributed by atoms with Crippen LogP contribution in [-0.2, 0) is 11.2 Å². The largest absolute Gasteiger partial charge is 0.497 e. The molecule has 19 heavy (non-hydrogen) atoms. The molecule has 0 N–H and O–H groups in total. The number of ether oxygens (including phenoxy) is 1. The fourth-order valence-electron chi connectivity index (χ4n) is 2.20. The smallest absolute Gasteiger partial charge is 0.450 e. The van der Waals surface area contributed by atoms with Crippen molar-refractivity contribution in [1.82, 2.24) is 0 Å². The molecule has 0 radical (unpaired) electrons. The van der Waals surface area contributed by atoms with Crippen LogP contribution < -0.4 is 4.74 Å². The monoisotopic (exact) mass is 272 g/mol. The van der Waals surface area contributed by atoms with Gasteiger partial charge in [0.15, 0.2) is 5.78 Å². The molecule has 1 aromatic rings. The van der Waals surface area contributed by atoms with Gasteiger partial charge in [0.05, 0.1) is 13.0 Å². The lowest BCUT2D eigenvalue weighted by Crippen LogP contribution is -2.38. The van der Waals surface area contributed by atoms with Gasteiger partial charge in [-0.25, -0.2) is 0 Å². The number of hydrogen-bond acceptors (Lipinski definition) is 3. The second-order valence-electron chi connectivity index (χ2n) is 4.34. The molecule has 1 unspecified atom stereocenters. The van der Waals surface area contributed by atoms with Crippen molar-refractivity contribution in [1.29, 1.82) is 0 Å². The lowest BCUT2D eigenvalue weighted by molar-refractivity contribution is -0.174. The summed E-state index contributed by atoms with van der Waals surface area (Å²) in [5, 5.41) is 0.